The molecule has 0 amide bonds. The maximum absolute atomic E-state index is 13.8. The van der Waals surface area contributed by atoms with Crippen LogP contribution in [0.2, 0.25) is 0 Å². The van der Waals surface area contributed by atoms with E-state index in [0.29, 0.717) is 11.6 Å². The average molecular weight is 278 g/mol. The number of fused-ring (bicyclic) bond motifs is 2. The third-order valence-corrected chi connectivity index (χ3v) is 4.64. The molecule has 0 bridgehead atoms. The molecule has 3 heterocycles. The number of imidazole rings is 1. The maximum Gasteiger partial charge on any atom is 0.201 e. The van der Waals surface area contributed by atoms with Gasteiger partial charge in [0.05, 0.1) is 11.6 Å². The summed E-state index contributed by atoms with van der Waals surface area (Å²) in [6.45, 7) is 2.13. The molecule has 4 rings (SSSR count). The third kappa shape index (κ3) is 1.57. The molecule has 1 aromatic carbocycles. The number of halogens is 2. The van der Waals surface area contributed by atoms with Crippen molar-refractivity contribution in [3.05, 3.63) is 23.8 Å². The second-order valence-electron chi connectivity index (χ2n) is 5.70. The van der Waals surface area contributed by atoms with E-state index in [1.165, 1.54) is 12.5 Å². The standard InChI is InChI=1S/C14H16F2N4/c15-8-6-9(16)13-12(7-8)20(14(17)18-13)11-3-5-19-4-1-2-10(11)19/h6-7,10-11H,1-5H2,(H2,17,18). The van der Waals surface area contributed by atoms with E-state index in [1.54, 1.807) is 0 Å². The predicted octanol–water partition coefficient (Wildman–Crippen LogP) is 2.31. The van der Waals surface area contributed by atoms with Crippen LogP contribution in [0.25, 0.3) is 11.0 Å². The Bertz CT molecular complexity index is 681. The summed E-state index contributed by atoms with van der Waals surface area (Å²) in [5.41, 5.74) is 6.62. The Labute approximate surface area is 115 Å². The number of aromatic nitrogens is 2. The second kappa shape index (κ2) is 4.15. The Kier molecular flexibility index (Phi) is 2.51. The Morgan fingerprint density at radius 2 is 2.00 bits per heavy atom. The highest BCUT2D eigenvalue weighted by Gasteiger charge is 2.39. The first-order chi connectivity index (χ1) is 9.65. The van der Waals surface area contributed by atoms with Crippen molar-refractivity contribution in [3.8, 4) is 0 Å². The van der Waals surface area contributed by atoms with Crippen LogP contribution in [0.3, 0.4) is 0 Å². The highest BCUT2D eigenvalue weighted by Crippen LogP contribution is 2.39. The third-order valence-electron chi connectivity index (χ3n) is 4.64. The zero-order chi connectivity index (χ0) is 13.9. The van der Waals surface area contributed by atoms with Gasteiger partial charge in [-0.3, -0.25) is 4.90 Å². The highest BCUT2D eigenvalue weighted by molar-refractivity contribution is 5.79. The molecule has 1 aromatic heterocycles. The normalized spacial score (nSPS) is 26.5. The lowest BCUT2D eigenvalue weighted by Crippen LogP contribution is -2.28. The van der Waals surface area contributed by atoms with Gasteiger partial charge in [-0.1, -0.05) is 0 Å². The fourth-order valence-corrected chi connectivity index (χ4v) is 3.84. The molecule has 4 nitrogen and oxygen atoms in total. The molecular weight excluding hydrogens is 262 g/mol. The predicted molar refractivity (Wildman–Crippen MR) is 72.3 cm³/mol. The van der Waals surface area contributed by atoms with Crippen LogP contribution in [0.4, 0.5) is 14.7 Å². The van der Waals surface area contributed by atoms with Gasteiger partial charge in [-0.15, -0.1) is 0 Å². The Hall–Kier alpha value is -1.69. The van der Waals surface area contributed by atoms with E-state index in [1.807, 2.05) is 4.57 Å². The first-order valence-corrected chi connectivity index (χ1v) is 7.01. The molecule has 0 spiro atoms. The number of hydrogen-bond donors (Lipinski definition) is 1. The van der Waals surface area contributed by atoms with E-state index >= 15 is 0 Å². The van der Waals surface area contributed by atoms with Gasteiger partial charge in [-0.05, 0) is 25.8 Å². The van der Waals surface area contributed by atoms with Crippen LogP contribution in [-0.2, 0) is 0 Å². The quantitative estimate of drug-likeness (QED) is 0.870. The van der Waals surface area contributed by atoms with Gasteiger partial charge in [0.1, 0.15) is 11.3 Å². The lowest BCUT2D eigenvalue weighted by molar-refractivity contribution is 0.293. The summed E-state index contributed by atoms with van der Waals surface area (Å²) >= 11 is 0. The number of nitrogens with two attached hydrogens (primary N) is 1. The summed E-state index contributed by atoms with van der Waals surface area (Å²) in [6.07, 6.45) is 3.25. The summed E-state index contributed by atoms with van der Waals surface area (Å²) in [6, 6.07) is 2.78. The molecule has 2 unspecified atom stereocenters. The van der Waals surface area contributed by atoms with E-state index in [4.69, 9.17) is 5.73 Å². The molecule has 2 atom stereocenters. The molecule has 2 saturated heterocycles. The van der Waals surface area contributed by atoms with E-state index in [0.717, 1.165) is 32.0 Å². The van der Waals surface area contributed by atoms with Gasteiger partial charge in [-0.2, -0.15) is 0 Å². The van der Waals surface area contributed by atoms with Crippen LogP contribution < -0.4 is 5.73 Å². The van der Waals surface area contributed by atoms with Crippen LogP contribution in [-0.4, -0.2) is 33.6 Å². The molecule has 2 fully saturated rings. The van der Waals surface area contributed by atoms with Crippen molar-refractivity contribution in [2.45, 2.75) is 31.3 Å². The lowest BCUT2D eigenvalue weighted by Gasteiger charge is -2.22. The molecule has 0 saturated carbocycles. The topological polar surface area (TPSA) is 47.1 Å². The summed E-state index contributed by atoms with van der Waals surface area (Å²) in [4.78, 5) is 6.53. The maximum atomic E-state index is 13.8. The summed E-state index contributed by atoms with van der Waals surface area (Å²) in [7, 11) is 0. The largest absolute Gasteiger partial charge is 0.369 e. The molecule has 2 aromatic rings. The number of hydrogen-bond acceptors (Lipinski definition) is 3. The van der Waals surface area contributed by atoms with Crippen molar-refractivity contribution < 1.29 is 8.78 Å². The number of rotatable bonds is 1. The number of nitrogens with zero attached hydrogens (tertiary/aromatic N) is 3. The van der Waals surface area contributed by atoms with Crippen LogP contribution in [0, 0.1) is 11.6 Å². The molecular formula is C14H16F2N4. The van der Waals surface area contributed by atoms with Gasteiger partial charge in [0, 0.05) is 24.7 Å². The SMILES string of the molecule is Nc1nc2c(F)cc(F)cc2n1C1CCN2CCCC12. The van der Waals surface area contributed by atoms with Gasteiger partial charge in [0.15, 0.2) is 5.82 Å². The fourth-order valence-electron chi connectivity index (χ4n) is 3.84. The molecule has 0 aliphatic carbocycles. The van der Waals surface area contributed by atoms with Crippen molar-refractivity contribution >= 4 is 17.0 Å². The molecule has 20 heavy (non-hydrogen) atoms. The number of nitrogen functional groups attached to an aromatic ring is 1. The van der Waals surface area contributed by atoms with Gasteiger partial charge >= 0.3 is 0 Å². The van der Waals surface area contributed by atoms with E-state index in [-0.39, 0.29) is 17.5 Å². The van der Waals surface area contributed by atoms with Crippen LogP contribution in [0.1, 0.15) is 25.3 Å². The fraction of sp³-hybridized carbons (Fsp3) is 0.500. The van der Waals surface area contributed by atoms with Gasteiger partial charge < -0.3 is 10.3 Å². The lowest BCUT2D eigenvalue weighted by atomic mass is 10.1. The van der Waals surface area contributed by atoms with Crippen LogP contribution in [0.15, 0.2) is 12.1 Å². The summed E-state index contributed by atoms with van der Waals surface area (Å²) in [5, 5.41) is 0. The summed E-state index contributed by atoms with van der Waals surface area (Å²) < 4.78 is 29.2. The first kappa shape index (κ1) is 12.1. The zero-order valence-corrected chi connectivity index (χ0v) is 11.0. The average Bonchev–Trinajstić information content (AvgIpc) is 3.03. The van der Waals surface area contributed by atoms with E-state index in [2.05, 4.69) is 9.88 Å². The van der Waals surface area contributed by atoms with Crippen LogP contribution >= 0.6 is 0 Å². The van der Waals surface area contributed by atoms with Crippen molar-refractivity contribution in [1.82, 2.24) is 14.5 Å². The van der Waals surface area contributed by atoms with Crippen LogP contribution in [0.5, 0.6) is 0 Å². The minimum Gasteiger partial charge on any atom is -0.369 e. The van der Waals surface area contributed by atoms with Gasteiger partial charge in [0.25, 0.3) is 0 Å². The van der Waals surface area contributed by atoms with Gasteiger partial charge in [0.2, 0.25) is 5.95 Å². The number of benzene rings is 1. The summed E-state index contributed by atoms with van der Waals surface area (Å²) in [5.74, 6) is -0.951. The van der Waals surface area contributed by atoms with E-state index in [9.17, 15) is 8.78 Å². The Morgan fingerprint density at radius 3 is 2.85 bits per heavy atom. The molecule has 2 aliphatic rings. The number of anilines is 1. The first-order valence-electron chi connectivity index (χ1n) is 7.01. The monoisotopic (exact) mass is 278 g/mol. The van der Waals surface area contributed by atoms with Crippen molar-refractivity contribution in [2.24, 2.45) is 0 Å². The highest BCUT2D eigenvalue weighted by atomic mass is 19.1. The minimum absolute atomic E-state index is 0.167. The second-order valence-corrected chi connectivity index (χ2v) is 5.70. The van der Waals surface area contributed by atoms with Crippen molar-refractivity contribution in [2.75, 3.05) is 18.8 Å². The minimum atomic E-state index is -0.647. The zero-order valence-electron chi connectivity index (χ0n) is 11.0. The Morgan fingerprint density at radius 1 is 1.15 bits per heavy atom. The molecule has 6 heteroatoms. The molecule has 0 radical (unpaired) electrons. The molecule has 2 aliphatic heterocycles. The van der Waals surface area contributed by atoms with Gasteiger partial charge in [-0.25, -0.2) is 13.8 Å². The Balaban J connectivity index is 1.89. The van der Waals surface area contributed by atoms with Crippen molar-refractivity contribution in [1.29, 1.82) is 0 Å². The molecule has 106 valence electrons. The van der Waals surface area contributed by atoms with Crippen molar-refractivity contribution in [3.63, 3.8) is 0 Å². The van der Waals surface area contributed by atoms with E-state index < -0.39 is 11.6 Å². The molecule has 2 N–H and O–H groups in total. The smallest absolute Gasteiger partial charge is 0.201 e.